The molecule has 4 aliphatic rings. The van der Waals surface area contributed by atoms with E-state index in [1.54, 1.807) is 11.8 Å². The van der Waals surface area contributed by atoms with Crippen LogP contribution in [0.3, 0.4) is 0 Å². The van der Waals surface area contributed by atoms with Crippen LogP contribution in [0.15, 0.2) is 18.2 Å². The van der Waals surface area contributed by atoms with Crippen molar-refractivity contribution in [2.24, 2.45) is 46.3 Å². The molecule has 4 aliphatic carbocycles. The molecule has 0 unspecified atom stereocenters. The Bertz CT molecular complexity index is 1210. The predicted octanol–water partition coefficient (Wildman–Crippen LogP) is 5.29. The molecule has 0 aliphatic heterocycles. The van der Waals surface area contributed by atoms with Crippen LogP contribution in [0.2, 0.25) is 0 Å². The molecule has 4 fully saturated rings. The highest BCUT2D eigenvalue weighted by atomic mass is 16.5. The predicted molar refractivity (Wildman–Crippen MR) is 146 cm³/mol. The number of carbonyl (C=O) groups excluding carboxylic acids is 1. The SMILES string of the molecule is COC[C@H]1C[C@H]2C[C@](C)(O)CC[C@]2(C)[C@H]2CC[C@]3(C)[C@@H](C(=O)Cn4nnc5ccc(OC)cc54)CC[C@H]3[C@H]12. The van der Waals surface area contributed by atoms with Crippen LogP contribution in [0.5, 0.6) is 5.75 Å². The van der Waals surface area contributed by atoms with Gasteiger partial charge in [0.05, 0.1) is 18.2 Å². The van der Waals surface area contributed by atoms with Crippen molar-refractivity contribution in [3.8, 4) is 5.75 Å². The standard InChI is InChI=1S/C31H45N3O4/c1-29(36)12-13-30(2)20(16-29)14-19(18-37-4)28-23-8-7-22(31(23,3)11-10-24(28)30)27(35)17-34-26-15-21(38-5)6-9-25(26)32-33-34/h6,9,15,19-20,22-24,28,36H,7-8,10-14,16-18H2,1-5H3/t19-,20+,22-,23+,24+,28+,29-,30+,31-/m1/s1. The van der Waals surface area contributed by atoms with Gasteiger partial charge in [0.25, 0.3) is 0 Å². The first-order valence-electron chi connectivity index (χ1n) is 14.7. The van der Waals surface area contributed by atoms with Gasteiger partial charge in [0.1, 0.15) is 17.8 Å². The number of hydrogen-bond donors (Lipinski definition) is 1. The maximum atomic E-state index is 13.9. The fourth-order valence-corrected chi connectivity index (χ4v) is 9.96. The average molecular weight is 524 g/mol. The Labute approximate surface area is 226 Å². The number of Topliss-reactive ketones (excluding diaryl/α,β-unsaturated/α-hetero) is 1. The molecule has 1 aromatic heterocycles. The number of hydrogen-bond acceptors (Lipinski definition) is 6. The van der Waals surface area contributed by atoms with E-state index in [0.29, 0.717) is 35.4 Å². The smallest absolute Gasteiger partial charge is 0.157 e. The molecule has 0 bridgehead atoms. The van der Waals surface area contributed by atoms with Gasteiger partial charge in [-0.2, -0.15) is 0 Å². The minimum Gasteiger partial charge on any atom is -0.497 e. The van der Waals surface area contributed by atoms with Crippen molar-refractivity contribution in [2.75, 3.05) is 20.8 Å². The molecule has 7 heteroatoms. The summed E-state index contributed by atoms with van der Waals surface area (Å²) in [4.78, 5) is 13.9. The van der Waals surface area contributed by atoms with E-state index < -0.39 is 5.60 Å². The van der Waals surface area contributed by atoms with Crippen LogP contribution in [-0.4, -0.2) is 52.3 Å². The van der Waals surface area contributed by atoms with E-state index in [-0.39, 0.29) is 23.3 Å². The zero-order chi connectivity index (χ0) is 26.9. The quantitative estimate of drug-likeness (QED) is 0.554. The number of nitrogens with zero attached hydrogens (tertiary/aromatic N) is 3. The highest BCUT2D eigenvalue weighted by molar-refractivity contribution is 5.84. The van der Waals surface area contributed by atoms with E-state index >= 15 is 0 Å². The van der Waals surface area contributed by atoms with E-state index in [2.05, 4.69) is 24.2 Å². The van der Waals surface area contributed by atoms with E-state index in [1.165, 1.54) is 6.42 Å². The molecule has 0 spiro atoms. The number of aromatic nitrogens is 3. The zero-order valence-electron chi connectivity index (χ0n) is 23.8. The summed E-state index contributed by atoms with van der Waals surface area (Å²) < 4.78 is 13.0. The van der Waals surface area contributed by atoms with E-state index in [4.69, 9.17) is 9.47 Å². The third-order valence-electron chi connectivity index (χ3n) is 11.9. The Balaban J connectivity index is 1.26. The highest BCUT2D eigenvalue weighted by Crippen LogP contribution is 2.69. The van der Waals surface area contributed by atoms with Crippen LogP contribution >= 0.6 is 0 Å². The Kier molecular flexibility index (Phi) is 6.42. The maximum Gasteiger partial charge on any atom is 0.157 e. The van der Waals surface area contributed by atoms with Gasteiger partial charge in [0.2, 0.25) is 0 Å². The lowest BCUT2D eigenvalue weighted by atomic mass is 9.42. The van der Waals surface area contributed by atoms with Crippen LogP contribution in [0, 0.1) is 46.3 Å². The summed E-state index contributed by atoms with van der Waals surface area (Å²) >= 11 is 0. The average Bonchev–Trinajstić information content (AvgIpc) is 3.45. The highest BCUT2D eigenvalue weighted by Gasteiger charge is 2.63. The molecule has 7 nitrogen and oxygen atoms in total. The number of rotatable bonds is 6. The van der Waals surface area contributed by atoms with Crippen molar-refractivity contribution in [3.63, 3.8) is 0 Å². The first-order chi connectivity index (χ1) is 18.1. The summed E-state index contributed by atoms with van der Waals surface area (Å²) in [6, 6.07) is 5.69. The molecule has 1 aromatic carbocycles. The van der Waals surface area contributed by atoms with Crippen LogP contribution in [0.1, 0.15) is 72.1 Å². The Morgan fingerprint density at radius 3 is 2.63 bits per heavy atom. The monoisotopic (exact) mass is 523 g/mol. The van der Waals surface area contributed by atoms with E-state index in [9.17, 15) is 9.90 Å². The molecule has 9 atom stereocenters. The number of ketones is 1. The Hall–Kier alpha value is -1.99. The van der Waals surface area contributed by atoms with Crippen molar-refractivity contribution >= 4 is 16.8 Å². The number of methoxy groups -OCH3 is 2. The lowest BCUT2D eigenvalue weighted by Gasteiger charge is -2.64. The van der Waals surface area contributed by atoms with Crippen LogP contribution in [0.25, 0.3) is 11.0 Å². The van der Waals surface area contributed by atoms with Gasteiger partial charge < -0.3 is 14.6 Å². The van der Waals surface area contributed by atoms with Crippen molar-refractivity contribution in [1.29, 1.82) is 0 Å². The van der Waals surface area contributed by atoms with Gasteiger partial charge >= 0.3 is 0 Å². The molecule has 0 amide bonds. The fraction of sp³-hybridized carbons (Fsp3) is 0.774. The third-order valence-corrected chi connectivity index (χ3v) is 11.9. The summed E-state index contributed by atoms with van der Waals surface area (Å²) in [7, 11) is 3.48. The summed E-state index contributed by atoms with van der Waals surface area (Å²) in [5.74, 6) is 3.93. The molecule has 208 valence electrons. The zero-order valence-corrected chi connectivity index (χ0v) is 23.8. The minimum absolute atomic E-state index is 0.0155. The minimum atomic E-state index is -0.543. The molecular formula is C31H45N3O4. The number of ether oxygens (including phenoxy) is 2. The summed E-state index contributed by atoms with van der Waals surface area (Å²) in [6.07, 6.45) is 8.44. The second-order valence-corrected chi connectivity index (χ2v) is 13.9. The van der Waals surface area contributed by atoms with Gasteiger partial charge in [0.15, 0.2) is 5.78 Å². The third kappa shape index (κ3) is 4.02. The Morgan fingerprint density at radius 2 is 1.87 bits per heavy atom. The van der Waals surface area contributed by atoms with Crippen LogP contribution in [-0.2, 0) is 16.1 Å². The molecule has 0 radical (unpaired) electrons. The molecule has 0 saturated heterocycles. The molecule has 1 N–H and O–H groups in total. The lowest BCUT2D eigenvalue weighted by molar-refractivity contribution is -0.175. The van der Waals surface area contributed by atoms with Crippen LogP contribution < -0.4 is 4.74 Å². The number of aliphatic hydroxyl groups is 1. The number of carbonyl (C=O) groups is 1. The number of benzene rings is 1. The molecule has 6 rings (SSSR count). The van der Waals surface area contributed by atoms with Crippen molar-refractivity contribution in [3.05, 3.63) is 18.2 Å². The van der Waals surface area contributed by atoms with Crippen LogP contribution in [0.4, 0.5) is 0 Å². The fourth-order valence-electron chi connectivity index (χ4n) is 9.96. The Morgan fingerprint density at radius 1 is 1.08 bits per heavy atom. The van der Waals surface area contributed by atoms with Crippen molar-refractivity contribution in [2.45, 2.75) is 84.3 Å². The van der Waals surface area contributed by atoms with Crippen molar-refractivity contribution < 1.29 is 19.4 Å². The van der Waals surface area contributed by atoms with Crippen molar-refractivity contribution in [1.82, 2.24) is 15.0 Å². The summed E-state index contributed by atoms with van der Waals surface area (Å²) in [5.41, 5.74) is 1.38. The summed E-state index contributed by atoms with van der Waals surface area (Å²) in [5, 5.41) is 19.6. The van der Waals surface area contributed by atoms with Gasteiger partial charge in [0, 0.05) is 25.7 Å². The van der Waals surface area contributed by atoms with Gasteiger partial charge in [-0.15, -0.1) is 5.10 Å². The maximum absolute atomic E-state index is 13.9. The molecule has 4 saturated carbocycles. The largest absolute Gasteiger partial charge is 0.497 e. The lowest BCUT2D eigenvalue weighted by Crippen LogP contribution is -2.59. The molecule has 2 aromatic rings. The first kappa shape index (κ1) is 26.2. The second kappa shape index (κ2) is 9.29. The van der Waals surface area contributed by atoms with Gasteiger partial charge in [-0.05, 0) is 111 Å². The number of fused-ring (bicyclic) bond motifs is 6. The second-order valence-electron chi connectivity index (χ2n) is 13.9. The van der Waals surface area contributed by atoms with Gasteiger partial charge in [-0.1, -0.05) is 19.1 Å². The molecule has 1 heterocycles. The summed E-state index contributed by atoms with van der Waals surface area (Å²) in [6.45, 7) is 8.02. The normalized spacial score (nSPS) is 42.4. The topological polar surface area (TPSA) is 86.5 Å². The van der Waals surface area contributed by atoms with E-state index in [0.717, 1.165) is 68.3 Å². The van der Waals surface area contributed by atoms with Gasteiger partial charge in [-0.3, -0.25) is 4.79 Å². The van der Waals surface area contributed by atoms with Gasteiger partial charge in [-0.25, -0.2) is 4.68 Å². The van der Waals surface area contributed by atoms with E-state index in [1.807, 2.05) is 32.2 Å². The molecular weight excluding hydrogens is 478 g/mol. The molecule has 38 heavy (non-hydrogen) atoms. The first-order valence-corrected chi connectivity index (χ1v) is 14.7.